The fourth-order valence-corrected chi connectivity index (χ4v) is 1.81. The lowest BCUT2D eigenvalue weighted by Crippen LogP contribution is -2.03. The van der Waals surface area contributed by atoms with Crippen molar-refractivity contribution in [2.24, 2.45) is 0 Å². The van der Waals surface area contributed by atoms with Gasteiger partial charge in [0.1, 0.15) is 0 Å². The molecular weight excluding hydrogens is 210 g/mol. The summed E-state index contributed by atoms with van der Waals surface area (Å²) in [6, 6.07) is 14.6. The van der Waals surface area contributed by atoms with Crippen molar-refractivity contribution in [3.8, 4) is 0 Å². The van der Waals surface area contributed by atoms with Crippen LogP contribution in [0.25, 0.3) is 0 Å². The molecule has 0 N–H and O–H groups in total. The van der Waals surface area contributed by atoms with Crippen LogP contribution >= 0.6 is 0 Å². The van der Waals surface area contributed by atoms with Gasteiger partial charge in [0, 0.05) is 25.5 Å². The van der Waals surface area contributed by atoms with E-state index in [4.69, 9.17) is 4.74 Å². The molecule has 0 aliphatic rings. The van der Waals surface area contributed by atoms with Crippen molar-refractivity contribution in [2.75, 3.05) is 13.2 Å². The van der Waals surface area contributed by atoms with E-state index in [0.717, 1.165) is 32.6 Å². The minimum atomic E-state index is 0.815. The lowest BCUT2D eigenvalue weighted by molar-refractivity contribution is 0.131. The molecule has 1 heterocycles. The molecule has 0 aliphatic carbocycles. The molecule has 0 radical (unpaired) electrons. The quantitative estimate of drug-likeness (QED) is 0.665. The second-order valence-corrected chi connectivity index (χ2v) is 4.12. The maximum absolute atomic E-state index is 5.62. The predicted octanol–water partition coefficient (Wildman–Crippen LogP) is 3.14. The van der Waals surface area contributed by atoms with E-state index in [2.05, 4.69) is 53.4 Å². The molecule has 2 heteroatoms. The van der Waals surface area contributed by atoms with Gasteiger partial charge in [0.25, 0.3) is 0 Å². The Hall–Kier alpha value is -1.54. The van der Waals surface area contributed by atoms with Crippen molar-refractivity contribution < 1.29 is 4.74 Å². The number of rotatable bonds is 7. The summed E-state index contributed by atoms with van der Waals surface area (Å²) in [6.45, 7) is 2.69. The molecule has 90 valence electrons. The second kappa shape index (κ2) is 6.92. The third kappa shape index (κ3) is 4.45. The van der Waals surface area contributed by atoms with E-state index >= 15 is 0 Å². The molecular formula is C15H19NO. The van der Waals surface area contributed by atoms with Gasteiger partial charge in [-0.05, 0) is 30.5 Å². The molecule has 0 saturated heterocycles. The highest BCUT2D eigenvalue weighted by molar-refractivity contribution is 5.14. The molecule has 17 heavy (non-hydrogen) atoms. The van der Waals surface area contributed by atoms with Crippen molar-refractivity contribution in [2.45, 2.75) is 19.4 Å². The predicted molar refractivity (Wildman–Crippen MR) is 70.0 cm³/mol. The van der Waals surface area contributed by atoms with Crippen molar-refractivity contribution >= 4 is 0 Å². The average molecular weight is 229 g/mol. The van der Waals surface area contributed by atoms with Gasteiger partial charge in [-0.3, -0.25) is 0 Å². The van der Waals surface area contributed by atoms with Crippen LogP contribution in [0, 0.1) is 0 Å². The van der Waals surface area contributed by atoms with Gasteiger partial charge in [-0.2, -0.15) is 0 Å². The fraction of sp³-hybridized carbons (Fsp3) is 0.333. The summed E-state index contributed by atoms with van der Waals surface area (Å²) in [7, 11) is 0. The maximum atomic E-state index is 5.62. The Morgan fingerprint density at radius 1 is 0.882 bits per heavy atom. The first kappa shape index (κ1) is 11.9. The molecule has 0 unspecified atom stereocenters. The van der Waals surface area contributed by atoms with Crippen molar-refractivity contribution in [3.63, 3.8) is 0 Å². The van der Waals surface area contributed by atoms with Gasteiger partial charge in [-0.15, -0.1) is 0 Å². The molecule has 2 rings (SSSR count). The summed E-state index contributed by atoms with van der Waals surface area (Å²) in [5.74, 6) is 0. The highest BCUT2D eigenvalue weighted by atomic mass is 16.5. The van der Waals surface area contributed by atoms with Crippen molar-refractivity contribution in [1.82, 2.24) is 4.57 Å². The van der Waals surface area contributed by atoms with E-state index in [9.17, 15) is 0 Å². The Bertz CT molecular complexity index is 394. The van der Waals surface area contributed by atoms with Gasteiger partial charge >= 0.3 is 0 Å². The minimum absolute atomic E-state index is 0.815. The van der Waals surface area contributed by atoms with Crippen LogP contribution in [-0.4, -0.2) is 17.8 Å². The molecule has 2 nitrogen and oxygen atoms in total. The van der Waals surface area contributed by atoms with Gasteiger partial charge in [0.2, 0.25) is 0 Å². The molecule has 0 fully saturated rings. The topological polar surface area (TPSA) is 14.2 Å². The Balaban J connectivity index is 1.52. The van der Waals surface area contributed by atoms with Gasteiger partial charge in [0.05, 0.1) is 6.61 Å². The molecule has 1 aromatic carbocycles. The summed E-state index contributed by atoms with van der Waals surface area (Å²) in [5, 5.41) is 0. The summed E-state index contributed by atoms with van der Waals surface area (Å²) < 4.78 is 7.80. The number of aromatic nitrogens is 1. The molecule has 2 aromatic rings. The summed E-state index contributed by atoms with van der Waals surface area (Å²) in [5.41, 5.74) is 1.35. The highest BCUT2D eigenvalue weighted by Gasteiger charge is 1.93. The van der Waals surface area contributed by atoms with Crippen LogP contribution in [0.15, 0.2) is 54.9 Å². The first-order valence-electron chi connectivity index (χ1n) is 6.17. The van der Waals surface area contributed by atoms with E-state index in [-0.39, 0.29) is 0 Å². The Labute approximate surface area is 103 Å². The minimum Gasteiger partial charge on any atom is -0.381 e. The first-order valence-corrected chi connectivity index (χ1v) is 6.17. The molecule has 0 saturated carbocycles. The zero-order valence-electron chi connectivity index (χ0n) is 10.1. The Morgan fingerprint density at radius 3 is 2.41 bits per heavy atom. The number of ether oxygens (including phenoxy) is 1. The van der Waals surface area contributed by atoms with E-state index in [0.29, 0.717) is 0 Å². The fourth-order valence-electron chi connectivity index (χ4n) is 1.81. The Kier molecular flexibility index (Phi) is 4.86. The summed E-state index contributed by atoms with van der Waals surface area (Å²) in [6.07, 6.45) is 6.25. The lowest BCUT2D eigenvalue weighted by Gasteiger charge is -2.05. The van der Waals surface area contributed by atoms with Gasteiger partial charge < -0.3 is 9.30 Å². The third-order valence-electron chi connectivity index (χ3n) is 2.75. The zero-order valence-corrected chi connectivity index (χ0v) is 10.1. The van der Waals surface area contributed by atoms with E-state index < -0.39 is 0 Å². The van der Waals surface area contributed by atoms with Gasteiger partial charge in [-0.1, -0.05) is 30.3 Å². The smallest absolute Gasteiger partial charge is 0.0506 e. The second-order valence-electron chi connectivity index (χ2n) is 4.12. The zero-order chi connectivity index (χ0) is 11.8. The van der Waals surface area contributed by atoms with Crippen molar-refractivity contribution in [1.29, 1.82) is 0 Å². The van der Waals surface area contributed by atoms with Crippen LogP contribution in [0.5, 0.6) is 0 Å². The van der Waals surface area contributed by atoms with Crippen LogP contribution in [0.3, 0.4) is 0 Å². The molecule has 0 bridgehead atoms. The van der Waals surface area contributed by atoms with Gasteiger partial charge in [-0.25, -0.2) is 0 Å². The molecule has 0 atom stereocenters. The first-order chi connectivity index (χ1) is 8.45. The third-order valence-corrected chi connectivity index (χ3v) is 2.75. The summed E-state index contributed by atoms with van der Waals surface area (Å²) in [4.78, 5) is 0. The Morgan fingerprint density at radius 2 is 1.65 bits per heavy atom. The summed E-state index contributed by atoms with van der Waals surface area (Å²) >= 11 is 0. The highest BCUT2D eigenvalue weighted by Crippen LogP contribution is 2.00. The average Bonchev–Trinajstić information content (AvgIpc) is 2.88. The number of aryl methyl sites for hydroxylation is 1. The number of nitrogens with zero attached hydrogens (tertiary/aromatic N) is 1. The molecule has 0 spiro atoms. The standard InChI is InChI=1S/C15H19NO/c1-2-7-15(8-3-1)9-14-17-13-6-12-16-10-4-5-11-16/h1-5,7-8,10-11H,6,9,12-14H2. The monoisotopic (exact) mass is 229 g/mol. The normalized spacial score (nSPS) is 10.6. The molecule has 0 amide bonds. The molecule has 0 aliphatic heterocycles. The maximum Gasteiger partial charge on any atom is 0.0506 e. The van der Waals surface area contributed by atoms with Gasteiger partial charge in [0.15, 0.2) is 0 Å². The largest absolute Gasteiger partial charge is 0.381 e. The van der Waals surface area contributed by atoms with Crippen LogP contribution in [-0.2, 0) is 17.7 Å². The number of hydrogen-bond donors (Lipinski definition) is 0. The van der Waals surface area contributed by atoms with Crippen LogP contribution < -0.4 is 0 Å². The molecule has 1 aromatic heterocycles. The van der Waals surface area contributed by atoms with Crippen molar-refractivity contribution in [3.05, 3.63) is 60.4 Å². The van der Waals surface area contributed by atoms with Crippen LogP contribution in [0.2, 0.25) is 0 Å². The van der Waals surface area contributed by atoms with Crippen LogP contribution in [0.1, 0.15) is 12.0 Å². The lowest BCUT2D eigenvalue weighted by atomic mass is 10.2. The van der Waals surface area contributed by atoms with E-state index in [1.165, 1.54) is 5.56 Å². The SMILES string of the molecule is c1ccc(CCOCCCn2cccc2)cc1. The number of hydrogen-bond acceptors (Lipinski definition) is 1. The van der Waals surface area contributed by atoms with E-state index in [1.807, 2.05) is 6.07 Å². The van der Waals surface area contributed by atoms with Crippen LogP contribution in [0.4, 0.5) is 0 Å². The van der Waals surface area contributed by atoms with E-state index in [1.54, 1.807) is 0 Å². The number of benzene rings is 1.